The summed E-state index contributed by atoms with van der Waals surface area (Å²) in [7, 11) is 0. The summed E-state index contributed by atoms with van der Waals surface area (Å²) in [6, 6.07) is 4.69. The number of benzene rings is 1. The van der Waals surface area contributed by atoms with Crippen LogP contribution in [0.15, 0.2) is 30.1 Å². The molecule has 0 bridgehead atoms. The van der Waals surface area contributed by atoms with Crippen molar-refractivity contribution in [3.8, 4) is 5.75 Å². The Bertz CT molecular complexity index is 348. The highest BCUT2D eigenvalue weighted by molar-refractivity contribution is 6.34. The molecule has 0 heterocycles. The average Bonchev–Trinajstić information content (AvgIpc) is 2.14. The lowest BCUT2D eigenvalue weighted by Gasteiger charge is -2.05. The molecule has 0 saturated carbocycles. The van der Waals surface area contributed by atoms with Gasteiger partial charge >= 0.3 is 0 Å². The molecule has 82 valence electrons. The van der Waals surface area contributed by atoms with Crippen LogP contribution in [0.3, 0.4) is 0 Å². The van der Waals surface area contributed by atoms with Crippen LogP contribution in [0.2, 0.25) is 10.0 Å². The summed E-state index contributed by atoms with van der Waals surface area (Å²) >= 11 is 11.5. The molecule has 0 spiro atoms. The molecule has 2 N–H and O–H groups in total. The Labute approximate surface area is 97.4 Å². The summed E-state index contributed by atoms with van der Waals surface area (Å²) in [5.74, 6) is 0.00155. The molecule has 15 heavy (non-hydrogen) atoms. The zero-order chi connectivity index (χ0) is 11.3. The molecule has 1 aromatic rings. The first-order valence-electron chi connectivity index (χ1n) is 4.25. The van der Waals surface area contributed by atoms with E-state index in [2.05, 4.69) is 0 Å². The van der Waals surface area contributed by atoms with Crippen molar-refractivity contribution in [1.29, 1.82) is 0 Å². The molecular formula is C10H10Cl2FNO. The van der Waals surface area contributed by atoms with Gasteiger partial charge in [-0.15, -0.1) is 0 Å². The lowest BCUT2D eigenvalue weighted by atomic mass is 10.3. The lowest BCUT2D eigenvalue weighted by molar-refractivity contribution is 0.318. The Morgan fingerprint density at radius 1 is 1.33 bits per heavy atom. The van der Waals surface area contributed by atoms with Crippen LogP contribution < -0.4 is 10.5 Å². The van der Waals surface area contributed by atoms with Gasteiger partial charge in [-0.25, -0.2) is 4.39 Å². The number of halogens is 3. The van der Waals surface area contributed by atoms with Gasteiger partial charge in [0.05, 0.1) is 0 Å². The van der Waals surface area contributed by atoms with E-state index in [4.69, 9.17) is 33.7 Å². The second-order valence-corrected chi connectivity index (χ2v) is 3.65. The van der Waals surface area contributed by atoms with Gasteiger partial charge in [-0.3, -0.25) is 0 Å². The third kappa shape index (κ3) is 4.51. The number of hydrogen-bond donors (Lipinski definition) is 1. The van der Waals surface area contributed by atoms with Crippen LogP contribution in [0, 0.1) is 0 Å². The Hall–Kier alpha value is -0.770. The molecule has 0 fully saturated rings. The Morgan fingerprint density at radius 3 is 2.47 bits per heavy atom. The quantitative estimate of drug-likeness (QED) is 0.890. The predicted octanol–water partition coefficient (Wildman–Crippen LogP) is 3.18. The molecule has 0 aliphatic rings. The second kappa shape index (κ2) is 5.95. The SMILES string of the molecule is NC/C=C(/F)COc1cc(Cl)cc(Cl)c1. The van der Waals surface area contributed by atoms with E-state index < -0.39 is 5.83 Å². The topological polar surface area (TPSA) is 35.2 Å². The molecule has 0 unspecified atom stereocenters. The van der Waals surface area contributed by atoms with E-state index in [1.807, 2.05) is 0 Å². The van der Waals surface area contributed by atoms with Gasteiger partial charge in [-0.2, -0.15) is 0 Å². The van der Waals surface area contributed by atoms with Crippen molar-refractivity contribution >= 4 is 23.2 Å². The highest BCUT2D eigenvalue weighted by Gasteiger charge is 2.00. The summed E-state index contributed by atoms with van der Waals surface area (Å²) in [5, 5.41) is 0.890. The maximum Gasteiger partial charge on any atom is 0.139 e. The minimum absolute atomic E-state index is 0.144. The third-order valence-corrected chi connectivity index (χ3v) is 1.99. The normalized spacial score (nSPS) is 11.6. The van der Waals surface area contributed by atoms with Gasteiger partial charge in [0.2, 0.25) is 0 Å². The van der Waals surface area contributed by atoms with Crippen LogP contribution in [-0.2, 0) is 0 Å². The molecule has 5 heteroatoms. The van der Waals surface area contributed by atoms with Crippen molar-refractivity contribution in [2.24, 2.45) is 5.73 Å². The number of nitrogens with two attached hydrogens (primary N) is 1. The van der Waals surface area contributed by atoms with Gasteiger partial charge in [0.25, 0.3) is 0 Å². The number of rotatable bonds is 4. The Balaban J connectivity index is 2.61. The van der Waals surface area contributed by atoms with Gasteiger partial charge < -0.3 is 10.5 Å². The molecule has 0 aliphatic carbocycles. The fourth-order valence-corrected chi connectivity index (χ4v) is 1.46. The first-order chi connectivity index (χ1) is 7.11. The maximum atomic E-state index is 12.9. The molecule has 0 atom stereocenters. The molecule has 0 radical (unpaired) electrons. The van der Waals surface area contributed by atoms with Gasteiger partial charge in [-0.05, 0) is 24.3 Å². The molecule has 1 aromatic carbocycles. The highest BCUT2D eigenvalue weighted by Crippen LogP contribution is 2.24. The van der Waals surface area contributed by atoms with Crippen LogP contribution in [0.4, 0.5) is 4.39 Å². The van der Waals surface area contributed by atoms with Crippen molar-refractivity contribution < 1.29 is 9.13 Å². The monoisotopic (exact) mass is 249 g/mol. The molecule has 1 rings (SSSR count). The largest absolute Gasteiger partial charge is 0.486 e. The first-order valence-corrected chi connectivity index (χ1v) is 5.01. The fourth-order valence-electron chi connectivity index (χ4n) is 0.951. The van der Waals surface area contributed by atoms with Crippen molar-refractivity contribution in [2.75, 3.05) is 13.2 Å². The molecule has 0 aliphatic heterocycles. The van der Waals surface area contributed by atoms with E-state index in [0.29, 0.717) is 15.8 Å². The predicted molar refractivity (Wildman–Crippen MR) is 60.2 cm³/mol. The van der Waals surface area contributed by atoms with Gasteiger partial charge in [-0.1, -0.05) is 23.2 Å². The van der Waals surface area contributed by atoms with Crippen LogP contribution >= 0.6 is 23.2 Å². The zero-order valence-corrected chi connectivity index (χ0v) is 9.35. The average molecular weight is 250 g/mol. The van der Waals surface area contributed by atoms with Crippen molar-refractivity contribution in [3.05, 3.63) is 40.1 Å². The molecule has 0 amide bonds. The van der Waals surface area contributed by atoms with Crippen LogP contribution in [0.1, 0.15) is 0 Å². The fraction of sp³-hybridized carbons (Fsp3) is 0.200. The summed E-state index contributed by atoms with van der Waals surface area (Å²) in [6.07, 6.45) is 1.24. The highest BCUT2D eigenvalue weighted by atomic mass is 35.5. The van der Waals surface area contributed by atoms with Crippen LogP contribution in [-0.4, -0.2) is 13.2 Å². The number of ether oxygens (including phenoxy) is 1. The minimum Gasteiger partial charge on any atom is -0.486 e. The lowest BCUT2D eigenvalue weighted by Crippen LogP contribution is -2.01. The smallest absolute Gasteiger partial charge is 0.139 e. The van der Waals surface area contributed by atoms with Crippen LogP contribution in [0.5, 0.6) is 5.75 Å². The standard InChI is InChI=1S/C10H10Cl2FNO/c11-7-3-8(12)5-10(4-7)15-6-9(13)1-2-14/h1,3-5H,2,6,14H2/b9-1+. The summed E-state index contributed by atoms with van der Waals surface area (Å²) in [4.78, 5) is 0. The van der Waals surface area contributed by atoms with Gasteiger partial charge in [0.15, 0.2) is 0 Å². The van der Waals surface area contributed by atoms with E-state index in [1.54, 1.807) is 18.2 Å². The zero-order valence-electron chi connectivity index (χ0n) is 7.84. The Kier molecular flexibility index (Phi) is 4.88. The maximum absolute atomic E-state index is 12.9. The second-order valence-electron chi connectivity index (χ2n) is 2.78. The summed E-state index contributed by atoms with van der Waals surface area (Å²) < 4.78 is 18.0. The Morgan fingerprint density at radius 2 is 1.93 bits per heavy atom. The van der Waals surface area contributed by atoms with Crippen molar-refractivity contribution in [2.45, 2.75) is 0 Å². The van der Waals surface area contributed by atoms with E-state index >= 15 is 0 Å². The van der Waals surface area contributed by atoms with Crippen molar-refractivity contribution in [3.63, 3.8) is 0 Å². The number of hydrogen-bond acceptors (Lipinski definition) is 2. The molecule has 2 nitrogen and oxygen atoms in total. The molecular weight excluding hydrogens is 240 g/mol. The van der Waals surface area contributed by atoms with Crippen LogP contribution in [0.25, 0.3) is 0 Å². The molecule has 0 saturated heterocycles. The van der Waals surface area contributed by atoms with Crippen molar-refractivity contribution in [1.82, 2.24) is 0 Å². The summed E-state index contributed by atoms with van der Waals surface area (Å²) in [5.41, 5.74) is 5.13. The summed E-state index contributed by atoms with van der Waals surface area (Å²) in [6.45, 7) is -0.0284. The van der Waals surface area contributed by atoms with Gasteiger partial charge in [0.1, 0.15) is 18.2 Å². The third-order valence-electron chi connectivity index (χ3n) is 1.55. The van der Waals surface area contributed by atoms with Gasteiger partial charge in [0, 0.05) is 16.6 Å². The minimum atomic E-state index is -0.423. The van der Waals surface area contributed by atoms with E-state index in [-0.39, 0.29) is 13.2 Å². The van der Waals surface area contributed by atoms with E-state index in [1.165, 1.54) is 6.08 Å². The molecule has 0 aromatic heterocycles. The van der Waals surface area contributed by atoms with E-state index in [0.717, 1.165) is 0 Å². The first kappa shape index (κ1) is 12.3. The van der Waals surface area contributed by atoms with E-state index in [9.17, 15) is 4.39 Å².